The van der Waals surface area contributed by atoms with Gasteiger partial charge in [-0.2, -0.15) is 0 Å². The number of allylic oxidation sites excluding steroid dienone is 3. The Morgan fingerprint density at radius 3 is 2.62 bits per heavy atom. The second kappa shape index (κ2) is 9.46. The fraction of sp³-hybridized carbons (Fsp3) is 0.350. The van der Waals surface area contributed by atoms with Gasteiger partial charge in [0.1, 0.15) is 11.5 Å². The largest absolute Gasteiger partial charge is 0.508 e. The molecule has 0 amide bonds. The molecule has 1 aliphatic rings. The molecule has 0 aromatic heterocycles. The maximum Gasteiger partial charge on any atom is 0.152 e. The van der Waals surface area contributed by atoms with Gasteiger partial charge in [-0.15, -0.1) is 0 Å². The van der Waals surface area contributed by atoms with Crippen molar-refractivity contribution in [2.75, 3.05) is 33.2 Å². The van der Waals surface area contributed by atoms with E-state index in [0.717, 1.165) is 31.7 Å². The molecule has 1 saturated heterocycles. The fourth-order valence-electron chi connectivity index (χ4n) is 2.42. The van der Waals surface area contributed by atoms with Crippen molar-refractivity contribution in [1.82, 2.24) is 9.80 Å². The van der Waals surface area contributed by atoms with Crippen LogP contribution in [0.15, 0.2) is 59.1 Å². The maximum absolute atomic E-state index is 9.85. The van der Waals surface area contributed by atoms with E-state index in [1.165, 1.54) is 12.2 Å². The summed E-state index contributed by atoms with van der Waals surface area (Å²) in [5.74, 6) is 1.13. The number of halogens is 1. The van der Waals surface area contributed by atoms with Crippen molar-refractivity contribution >= 4 is 17.9 Å². The number of likely N-dealkylation sites (N-methyl/N-ethyl adjacent to an activating group) is 1. The van der Waals surface area contributed by atoms with Crippen LogP contribution in [0.5, 0.6) is 5.75 Å². The molecule has 1 fully saturated rings. The van der Waals surface area contributed by atoms with Gasteiger partial charge in [-0.3, -0.25) is 0 Å². The topological polar surface area (TPSA) is 48.3 Å². The number of hydrogen-bond acceptors (Lipinski definition) is 4. The predicted octanol–water partition coefficient (Wildman–Crippen LogP) is 4.16. The number of hydrogen-bond donors (Lipinski definition) is 1. The molecule has 26 heavy (non-hydrogen) atoms. The van der Waals surface area contributed by atoms with Crippen LogP contribution in [0.1, 0.15) is 12.5 Å². The average molecular weight is 376 g/mol. The standard InChI is InChI=1S/C20H26ClN3O2/c1-5-18(25)13-20(26-19-7-6-17(21)12-15(19)2)16(3)22-14-24-10-8-23(4)9-11-24/h5-7,12-14,25H,1,8-11H2,2-4H3/b18-13+,20-16-,22-14?. The molecule has 5 nitrogen and oxygen atoms in total. The molecule has 0 spiro atoms. The van der Waals surface area contributed by atoms with Gasteiger partial charge in [0.2, 0.25) is 0 Å². The van der Waals surface area contributed by atoms with Crippen molar-refractivity contribution in [1.29, 1.82) is 0 Å². The van der Waals surface area contributed by atoms with Crippen molar-refractivity contribution < 1.29 is 9.84 Å². The van der Waals surface area contributed by atoms with E-state index >= 15 is 0 Å². The number of ether oxygens (including phenoxy) is 1. The van der Waals surface area contributed by atoms with Gasteiger partial charge in [0, 0.05) is 37.3 Å². The summed E-state index contributed by atoms with van der Waals surface area (Å²) in [6.45, 7) is 11.2. The Labute approximate surface area is 160 Å². The minimum atomic E-state index is 0.0146. The highest BCUT2D eigenvalue weighted by molar-refractivity contribution is 6.30. The number of aliphatic imine (C=N–C) groups is 1. The quantitative estimate of drug-likeness (QED) is 0.351. The maximum atomic E-state index is 9.85. The summed E-state index contributed by atoms with van der Waals surface area (Å²) in [5, 5.41) is 10.5. The first-order chi connectivity index (χ1) is 12.4. The van der Waals surface area contributed by atoms with Gasteiger partial charge < -0.3 is 19.6 Å². The van der Waals surface area contributed by atoms with E-state index < -0.39 is 0 Å². The van der Waals surface area contributed by atoms with E-state index in [0.29, 0.717) is 22.2 Å². The molecule has 0 atom stereocenters. The lowest BCUT2D eigenvalue weighted by Gasteiger charge is -2.30. The third kappa shape index (κ3) is 5.93. The molecule has 1 aromatic carbocycles. The van der Waals surface area contributed by atoms with Gasteiger partial charge in [0.25, 0.3) is 0 Å². The predicted molar refractivity (Wildman–Crippen MR) is 108 cm³/mol. The van der Waals surface area contributed by atoms with Gasteiger partial charge in [-0.25, -0.2) is 4.99 Å². The minimum Gasteiger partial charge on any atom is -0.508 e. The van der Waals surface area contributed by atoms with Gasteiger partial charge in [0.05, 0.1) is 12.0 Å². The molecular formula is C20H26ClN3O2. The van der Waals surface area contributed by atoms with E-state index in [1.54, 1.807) is 12.1 Å². The lowest BCUT2D eigenvalue weighted by atomic mass is 10.2. The molecule has 0 unspecified atom stereocenters. The normalized spacial score (nSPS) is 17.4. The zero-order valence-electron chi connectivity index (χ0n) is 15.6. The second-order valence-electron chi connectivity index (χ2n) is 6.32. The third-order valence-corrected chi connectivity index (χ3v) is 4.39. The summed E-state index contributed by atoms with van der Waals surface area (Å²) in [6.07, 6.45) is 4.70. The molecule has 0 aliphatic carbocycles. The van der Waals surface area contributed by atoms with Crippen LogP contribution in [0.25, 0.3) is 0 Å². The Hall–Kier alpha value is -2.24. The number of nitrogens with zero attached hydrogens (tertiary/aromatic N) is 3. The molecule has 1 aromatic rings. The first-order valence-corrected chi connectivity index (χ1v) is 8.91. The van der Waals surface area contributed by atoms with Gasteiger partial charge >= 0.3 is 0 Å². The second-order valence-corrected chi connectivity index (χ2v) is 6.76. The zero-order chi connectivity index (χ0) is 19.1. The molecule has 6 heteroatoms. The van der Waals surface area contributed by atoms with Crippen LogP contribution < -0.4 is 4.74 Å². The number of piperazine rings is 1. The number of aliphatic hydroxyl groups is 1. The monoisotopic (exact) mass is 375 g/mol. The summed E-state index contributed by atoms with van der Waals surface area (Å²) < 4.78 is 5.99. The number of aryl methyl sites for hydroxylation is 1. The fourth-order valence-corrected chi connectivity index (χ4v) is 2.64. The van der Waals surface area contributed by atoms with Crippen LogP contribution in [-0.2, 0) is 0 Å². The molecule has 1 N–H and O–H groups in total. The van der Waals surface area contributed by atoms with Crippen LogP contribution >= 0.6 is 11.6 Å². The van der Waals surface area contributed by atoms with Crippen molar-refractivity contribution in [2.45, 2.75) is 13.8 Å². The van der Waals surface area contributed by atoms with Gasteiger partial charge in [0.15, 0.2) is 5.76 Å². The Balaban J connectivity index is 2.24. The van der Waals surface area contributed by atoms with E-state index in [9.17, 15) is 5.11 Å². The summed E-state index contributed by atoms with van der Waals surface area (Å²) in [5.41, 5.74) is 1.56. The Kier molecular flexibility index (Phi) is 7.30. The molecule has 0 radical (unpaired) electrons. The third-order valence-electron chi connectivity index (χ3n) is 4.15. The summed E-state index contributed by atoms with van der Waals surface area (Å²) in [6, 6.07) is 5.39. The minimum absolute atomic E-state index is 0.0146. The summed E-state index contributed by atoms with van der Waals surface area (Å²) >= 11 is 6.00. The first kappa shape index (κ1) is 20.1. The smallest absolute Gasteiger partial charge is 0.152 e. The Bertz CT molecular complexity index is 733. The highest BCUT2D eigenvalue weighted by Gasteiger charge is 2.11. The molecule has 0 bridgehead atoms. The zero-order valence-corrected chi connectivity index (χ0v) is 16.3. The summed E-state index contributed by atoms with van der Waals surface area (Å²) in [4.78, 5) is 8.98. The van der Waals surface area contributed by atoms with Crippen LogP contribution in [0.4, 0.5) is 0 Å². The van der Waals surface area contributed by atoms with E-state index in [2.05, 4.69) is 28.4 Å². The molecular weight excluding hydrogens is 350 g/mol. The molecule has 2 rings (SSSR count). The van der Waals surface area contributed by atoms with Crippen molar-refractivity contribution in [2.24, 2.45) is 4.99 Å². The number of rotatable bonds is 6. The number of aliphatic hydroxyl groups excluding tert-OH is 1. The van der Waals surface area contributed by atoms with Gasteiger partial charge in [-0.1, -0.05) is 18.2 Å². The van der Waals surface area contributed by atoms with Crippen molar-refractivity contribution in [3.05, 3.63) is 64.7 Å². The molecule has 140 valence electrons. The van der Waals surface area contributed by atoms with Crippen molar-refractivity contribution in [3.8, 4) is 5.75 Å². The molecule has 1 aliphatic heterocycles. The summed E-state index contributed by atoms with van der Waals surface area (Å²) in [7, 11) is 2.11. The number of benzene rings is 1. The SMILES string of the molecule is C=C/C(O)=C\C(Oc1ccc(Cl)cc1C)=C(/C)N=CN1CCN(C)CC1. The molecule has 0 saturated carbocycles. The lowest BCUT2D eigenvalue weighted by Crippen LogP contribution is -2.43. The Morgan fingerprint density at radius 2 is 2.00 bits per heavy atom. The van der Waals surface area contributed by atoms with Crippen LogP contribution in [0.3, 0.4) is 0 Å². The highest BCUT2D eigenvalue weighted by Crippen LogP contribution is 2.25. The van der Waals surface area contributed by atoms with Crippen LogP contribution in [0.2, 0.25) is 5.02 Å². The van der Waals surface area contributed by atoms with Crippen LogP contribution in [-0.4, -0.2) is 54.5 Å². The highest BCUT2D eigenvalue weighted by atomic mass is 35.5. The molecule has 1 heterocycles. The first-order valence-electron chi connectivity index (χ1n) is 8.54. The Morgan fingerprint density at radius 1 is 1.31 bits per heavy atom. The van der Waals surface area contributed by atoms with Crippen LogP contribution in [0, 0.1) is 6.92 Å². The van der Waals surface area contributed by atoms with E-state index in [1.807, 2.05) is 26.3 Å². The van der Waals surface area contributed by atoms with Crippen molar-refractivity contribution in [3.63, 3.8) is 0 Å². The van der Waals surface area contributed by atoms with Gasteiger partial charge in [-0.05, 0) is 50.7 Å². The van der Waals surface area contributed by atoms with E-state index in [-0.39, 0.29) is 5.76 Å². The lowest BCUT2D eigenvalue weighted by molar-refractivity contribution is 0.219. The average Bonchev–Trinajstić information content (AvgIpc) is 2.62. The van der Waals surface area contributed by atoms with E-state index in [4.69, 9.17) is 16.3 Å².